The highest BCUT2D eigenvalue weighted by molar-refractivity contribution is 5.09. The largest absolute Gasteiger partial charge is 0.296 e. The summed E-state index contributed by atoms with van der Waals surface area (Å²) < 4.78 is 0. The van der Waals surface area contributed by atoms with Crippen LogP contribution < -0.4 is 11.3 Å². The molecule has 1 saturated heterocycles. The average molecular weight is 276 g/mol. The van der Waals surface area contributed by atoms with E-state index in [1.54, 1.807) is 0 Å². The SMILES string of the molecule is CCC(C)(C(Cc1ccccn1)NN)N1CCCCC1. The van der Waals surface area contributed by atoms with Gasteiger partial charge < -0.3 is 0 Å². The Bertz CT molecular complexity index is 389. The van der Waals surface area contributed by atoms with Crippen molar-refractivity contribution in [3.8, 4) is 0 Å². The number of hydrogen-bond acceptors (Lipinski definition) is 4. The highest BCUT2D eigenvalue weighted by Gasteiger charge is 2.38. The van der Waals surface area contributed by atoms with Crippen LogP contribution in [0.3, 0.4) is 0 Å². The molecule has 1 aromatic heterocycles. The summed E-state index contributed by atoms with van der Waals surface area (Å²) in [5.41, 5.74) is 4.25. The van der Waals surface area contributed by atoms with Gasteiger partial charge in [0.2, 0.25) is 0 Å². The van der Waals surface area contributed by atoms with E-state index in [1.807, 2.05) is 18.3 Å². The first-order chi connectivity index (χ1) is 9.70. The molecular formula is C16H28N4. The molecule has 112 valence electrons. The number of hydrogen-bond donors (Lipinski definition) is 2. The normalized spacial score (nSPS) is 21.4. The first-order valence-electron chi connectivity index (χ1n) is 7.82. The van der Waals surface area contributed by atoms with E-state index in [2.05, 4.69) is 35.2 Å². The summed E-state index contributed by atoms with van der Waals surface area (Å²) >= 11 is 0. The van der Waals surface area contributed by atoms with Gasteiger partial charge in [-0.1, -0.05) is 19.4 Å². The maximum absolute atomic E-state index is 5.88. The van der Waals surface area contributed by atoms with Crippen molar-refractivity contribution in [2.24, 2.45) is 5.84 Å². The van der Waals surface area contributed by atoms with Gasteiger partial charge in [0.15, 0.2) is 0 Å². The number of hydrazine groups is 1. The smallest absolute Gasteiger partial charge is 0.0447 e. The van der Waals surface area contributed by atoms with Crippen LogP contribution in [0.25, 0.3) is 0 Å². The summed E-state index contributed by atoms with van der Waals surface area (Å²) in [5.74, 6) is 5.88. The molecule has 0 radical (unpaired) electrons. The molecule has 1 aliphatic rings. The fourth-order valence-corrected chi connectivity index (χ4v) is 3.28. The lowest BCUT2D eigenvalue weighted by atomic mass is 9.83. The third-order valence-corrected chi connectivity index (χ3v) is 4.89. The van der Waals surface area contributed by atoms with Gasteiger partial charge in [-0.15, -0.1) is 0 Å². The van der Waals surface area contributed by atoms with Crippen LogP contribution in [-0.2, 0) is 6.42 Å². The van der Waals surface area contributed by atoms with Crippen LogP contribution in [0.1, 0.15) is 45.2 Å². The fraction of sp³-hybridized carbons (Fsp3) is 0.688. The molecule has 2 unspecified atom stereocenters. The Kier molecular flexibility index (Phi) is 5.52. The zero-order chi connectivity index (χ0) is 14.4. The van der Waals surface area contributed by atoms with Gasteiger partial charge in [-0.25, -0.2) is 0 Å². The number of nitrogens with zero attached hydrogens (tertiary/aromatic N) is 2. The van der Waals surface area contributed by atoms with Crippen LogP contribution in [0.2, 0.25) is 0 Å². The minimum Gasteiger partial charge on any atom is -0.296 e. The molecule has 3 N–H and O–H groups in total. The molecule has 1 aliphatic heterocycles. The Labute approximate surface area is 122 Å². The minimum atomic E-state index is 0.0900. The second kappa shape index (κ2) is 7.16. The average Bonchev–Trinajstić information content (AvgIpc) is 2.53. The van der Waals surface area contributed by atoms with Crippen molar-refractivity contribution >= 4 is 0 Å². The predicted octanol–water partition coefficient (Wildman–Crippen LogP) is 2.11. The number of pyridine rings is 1. The molecule has 2 heterocycles. The molecule has 0 amide bonds. The summed E-state index contributed by atoms with van der Waals surface area (Å²) in [6, 6.07) is 6.30. The predicted molar refractivity (Wildman–Crippen MR) is 83.2 cm³/mol. The summed E-state index contributed by atoms with van der Waals surface area (Å²) in [6.07, 6.45) is 7.78. The van der Waals surface area contributed by atoms with Crippen molar-refractivity contribution < 1.29 is 0 Å². The molecule has 1 aromatic rings. The highest BCUT2D eigenvalue weighted by Crippen LogP contribution is 2.28. The zero-order valence-electron chi connectivity index (χ0n) is 12.8. The van der Waals surface area contributed by atoms with Crippen molar-refractivity contribution in [1.82, 2.24) is 15.3 Å². The monoisotopic (exact) mass is 276 g/mol. The Balaban J connectivity index is 2.13. The van der Waals surface area contributed by atoms with Crippen LogP contribution in [0.5, 0.6) is 0 Å². The van der Waals surface area contributed by atoms with E-state index in [9.17, 15) is 0 Å². The summed E-state index contributed by atoms with van der Waals surface area (Å²) in [5, 5.41) is 0. The third-order valence-electron chi connectivity index (χ3n) is 4.89. The molecule has 2 atom stereocenters. The van der Waals surface area contributed by atoms with Gasteiger partial charge in [-0.05, 0) is 51.4 Å². The molecule has 0 aliphatic carbocycles. The van der Waals surface area contributed by atoms with E-state index in [1.165, 1.54) is 32.4 Å². The summed E-state index contributed by atoms with van der Waals surface area (Å²) in [7, 11) is 0. The molecule has 20 heavy (non-hydrogen) atoms. The van der Waals surface area contributed by atoms with Crippen molar-refractivity contribution in [3.63, 3.8) is 0 Å². The summed E-state index contributed by atoms with van der Waals surface area (Å²) in [4.78, 5) is 7.06. The topological polar surface area (TPSA) is 54.2 Å². The van der Waals surface area contributed by atoms with Gasteiger partial charge in [0.05, 0.1) is 0 Å². The molecule has 4 nitrogen and oxygen atoms in total. The van der Waals surface area contributed by atoms with Crippen LogP contribution in [0.4, 0.5) is 0 Å². The van der Waals surface area contributed by atoms with E-state index in [4.69, 9.17) is 5.84 Å². The molecule has 0 saturated carbocycles. The van der Waals surface area contributed by atoms with Crippen LogP contribution in [-0.4, -0.2) is 34.6 Å². The molecule has 4 heteroatoms. The Morgan fingerprint density at radius 1 is 1.35 bits per heavy atom. The van der Waals surface area contributed by atoms with E-state index in [0.29, 0.717) is 0 Å². The molecule has 0 aromatic carbocycles. The van der Waals surface area contributed by atoms with Crippen molar-refractivity contribution in [2.75, 3.05) is 13.1 Å². The third kappa shape index (κ3) is 3.37. The van der Waals surface area contributed by atoms with Gasteiger partial charge >= 0.3 is 0 Å². The van der Waals surface area contributed by atoms with E-state index in [-0.39, 0.29) is 11.6 Å². The molecule has 0 spiro atoms. The number of nitrogens with two attached hydrogens (primary N) is 1. The maximum atomic E-state index is 5.88. The van der Waals surface area contributed by atoms with Crippen LogP contribution >= 0.6 is 0 Å². The van der Waals surface area contributed by atoms with Crippen molar-refractivity contribution in [3.05, 3.63) is 30.1 Å². The van der Waals surface area contributed by atoms with Gasteiger partial charge in [-0.2, -0.15) is 0 Å². The molecule has 1 fully saturated rings. The Morgan fingerprint density at radius 2 is 2.10 bits per heavy atom. The minimum absolute atomic E-state index is 0.0900. The van der Waals surface area contributed by atoms with Gasteiger partial charge in [0.1, 0.15) is 0 Å². The number of likely N-dealkylation sites (tertiary alicyclic amines) is 1. The number of piperidine rings is 1. The highest BCUT2D eigenvalue weighted by atomic mass is 15.3. The quantitative estimate of drug-likeness (QED) is 0.617. The number of nitrogens with one attached hydrogen (secondary N) is 1. The van der Waals surface area contributed by atoms with Crippen LogP contribution in [0, 0.1) is 0 Å². The van der Waals surface area contributed by atoms with Crippen LogP contribution in [0.15, 0.2) is 24.4 Å². The lowest BCUT2D eigenvalue weighted by Crippen LogP contribution is -2.62. The van der Waals surface area contributed by atoms with Gasteiger partial charge in [0.25, 0.3) is 0 Å². The molecule has 0 bridgehead atoms. The standard InChI is InChI=1S/C16H28N4/c1-3-16(2,20-11-7-4-8-12-20)15(19-17)13-14-9-5-6-10-18-14/h5-6,9-10,15,19H,3-4,7-8,11-13,17H2,1-2H3. The second-order valence-electron chi connectivity index (χ2n) is 6.00. The van der Waals surface area contributed by atoms with E-state index >= 15 is 0 Å². The van der Waals surface area contributed by atoms with Gasteiger partial charge in [-0.3, -0.25) is 21.2 Å². The number of rotatable bonds is 6. The van der Waals surface area contributed by atoms with Crippen molar-refractivity contribution in [2.45, 2.75) is 57.5 Å². The Morgan fingerprint density at radius 3 is 2.65 bits per heavy atom. The first kappa shape index (κ1) is 15.4. The number of aromatic nitrogens is 1. The zero-order valence-corrected chi connectivity index (χ0v) is 12.8. The first-order valence-corrected chi connectivity index (χ1v) is 7.82. The molecular weight excluding hydrogens is 248 g/mol. The lowest BCUT2D eigenvalue weighted by molar-refractivity contribution is 0.0426. The van der Waals surface area contributed by atoms with E-state index in [0.717, 1.165) is 18.5 Å². The van der Waals surface area contributed by atoms with Gasteiger partial charge in [0, 0.05) is 29.9 Å². The second-order valence-corrected chi connectivity index (χ2v) is 6.00. The Hall–Kier alpha value is -0.970. The maximum Gasteiger partial charge on any atom is 0.0447 e. The fourth-order valence-electron chi connectivity index (χ4n) is 3.28. The lowest BCUT2D eigenvalue weighted by Gasteiger charge is -2.47. The van der Waals surface area contributed by atoms with Crippen molar-refractivity contribution in [1.29, 1.82) is 0 Å². The summed E-state index contributed by atoms with van der Waals surface area (Å²) in [6.45, 7) is 6.97. The van der Waals surface area contributed by atoms with E-state index < -0.39 is 0 Å². The molecule has 2 rings (SSSR count).